The number of benzene rings is 1. The second-order valence-electron chi connectivity index (χ2n) is 6.47. The van der Waals surface area contributed by atoms with Crippen LogP contribution in [-0.4, -0.2) is 49.4 Å². The maximum Gasteiger partial charge on any atom is 0.220 e. The van der Waals surface area contributed by atoms with Crippen LogP contribution in [0, 0.1) is 12.7 Å². The van der Waals surface area contributed by atoms with Crippen LogP contribution in [0.25, 0.3) is 0 Å². The summed E-state index contributed by atoms with van der Waals surface area (Å²) < 4.78 is 24.2. The van der Waals surface area contributed by atoms with E-state index in [9.17, 15) is 9.18 Å². The Labute approximate surface area is 163 Å². The fourth-order valence-electron chi connectivity index (χ4n) is 3.02. The van der Waals surface area contributed by atoms with Crippen molar-refractivity contribution in [3.8, 4) is 0 Å². The predicted molar refractivity (Wildman–Crippen MR) is 103 cm³/mol. The molecule has 1 aliphatic heterocycles. The molecule has 1 saturated heterocycles. The molecule has 7 heteroatoms. The normalized spacial score (nSPS) is 16.2. The molecule has 1 amide bonds. The smallest absolute Gasteiger partial charge is 0.220 e. The number of ether oxygens (including phenoxy) is 1. The van der Waals surface area contributed by atoms with Crippen LogP contribution in [0.5, 0.6) is 0 Å². The average molecular weight is 392 g/mol. The summed E-state index contributed by atoms with van der Waals surface area (Å²) in [7, 11) is 0. The number of carbonyl (C=O) groups is 1. The SMILES string of the molecule is Cc1ccc(C(CNC(=O)CCSc2ccc(F)cc2)N2CCOCC2)o1. The van der Waals surface area contributed by atoms with Crippen LogP contribution in [0.2, 0.25) is 0 Å². The van der Waals surface area contributed by atoms with Gasteiger partial charge < -0.3 is 14.5 Å². The Hall–Kier alpha value is -1.83. The van der Waals surface area contributed by atoms with Crippen molar-refractivity contribution in [1.29, 1.82) is 0 Å². The zero-order chi connectivity index (χ0) is 19.1. The molecule has 0 radical (unpaired) electrons. The Morgan fingerprint density at radius 1 is 1.22 bits per heavy atom. The number of hydrogen-bond donors (Lipinski definition) is 1. The third kappa shape index (κ3) is 6.09. The summed E-state index contributed by atoms with van der Waals surface area (Å²) in [5, 5.41) is 3.03. The number of morpholine rings is 1. The summed E-state index contributed by atoms with van der Waals surface area (Å²) in [6, 6.07) is 10.3. The van der Waals surface area contributed by atoms with Crippen LogP contribution in [0.15, 0.2) is 45.7 Å². The van der Waals surface area contributed by atoms with E-state index >= 15 is 0 Å². The van der Waals surface area contributed by atoms with Gasteiger partial charge >= 0.3 is 0 Å². The van der Waals surface area contributed by atoms with Crippen molar-refractivity contribution >= 4 is 17.7 Å². The quantitative estimate of drug-likeness (QED) is 0.698. The van der Waals surface area contributed by atoms with Gasteiger partial charge in [0.15, 0.2) is 0 Å². The Balaban J connectivity index is 1.48. The lowest BCUT2D eigenvalue weighted by atomic mass is 10.1. The number of amides is 1. The van der Waals surface area contributed by atoms with Crippen molar-refractivity contribution in [2.75, 3.05) is 38.6 Å². The summed E-state index contributed by atoms with van der Waals surface area (Å²) in [5.74, 6) is 2.14. The van der Waals surface area contributed by atoms with E-state index in [4.69, 9.17) is 9.15 Å². The average Bonchev–Trinajstić information content (AvgIpc) is 3.10. The third-order valence-electron chi connectivity index (χ3n) is 4.48. The van der Waals surface area contributed by atoms with Gasteiger partial charge in [0.1, 0.15) is 17.3 Å². The molecule has 0 bridgehead atoms. The highest BCUT2D eigenvalue weighted by molar-refractivity contribution is 7.99. The van der Waals surface area contributed by atoms with E-state index in [1.807, 2.05) is 19.1 Å². The third-order valence-corrected chi connectivity index (χ3v) is 5.49. The molecule has 1 unspecified atom stereocenters. The summed E-state index contributed by atoms with van der Waals surface area (Å²) in [6.45, 7) is 5.45. The molecular formula is C20H25FN2O3S. The van der Waals surface area contributed by atoms with Gasteiger partial charge in [-0.3, -0.25) is 9.69 Å². The maximum atomic E-state index is 12.9. The van der Waals surface area contributed by atoms with Crippen LogP contribution in [-0.2, 0) is 9.53 Å². The minimum absolute atomic E-state index is 0.00569. The molecule has 0 aliphatic carbocycles. The molecular weight excluding hydrogens is 367 g/mol. The van der Waals surface area contributed by atoms with Crippen LogP contribution in [0.1, 0.15) is 24.0 Å². The van der Waals surface area contributed by atoms with Crippen LogP contribution in [0.3, 0.4) is 0 Å². The lowest BCUT2D eigenvalue weighted by Crippen LogP contribution is -2.43. The Morgan fingerprint density at radius 2 is 1.96 bits per heavy atom. The Kier molecular flexibility index (Phi) is 7.32. The van der Waals surface area contributed by atoms with E-state index in [0.717, 1.165) is 29.5 Å². The minimum atomic E-state index is -0.251. The maximum absolute atomic E-state index is 12.9. The zero-order valence-electron chi connectivity index (χ0n) is 15.4. The van der Waals surface area contributed by atoms with E-state index in [2.05, 4.69) is 10.2 Å². The number of nitrogens with zero attached hydrogens (tertiary/aromatic N) is 1. The molecule has 1 fully saturated rings. The van der Waals surface area contributed by atoms with Gasteiger partial charge in [0, 0.05) is 36.7 Å². The van der Waals surface area contributed by atoms with Gasteiger partial charge in [0.05, 0.1) is 19.3 Å². The highest BCUT2D eigenvalue weighted by Crippen LogP contribution is 2.23. The largest absolute Gasteiger partial charge is 0.465 e. The second kappa shape index (κ2) is 9.92. The van der Waals surface area contributed by atoms with Gasteiger partial charge in [0.2, 0.25) is 5.91 Å². The Bertz CT molecular complexity index is 729. The molecule has 0 spiro atoms. The number of hydrogen-bond acceptors (Lipinski definition) is 5. The van der Waals surface area contributed by atoms with Crippen molar-refractivity contribution < 1.29 is 18.3 Å². The van der Waals surface area contributed by atoms with Gasteiger partial charge in [0.25, 0.3) is 0 Å². The summed E-state index contributed by atoms with van der Waals surface area (Å²) in [4.78, 5) is 15.5. The van der Waals surface area contributed by atoms with Crippen molar-refractivity contribution in [1.82, 2.24) is 10.2 Å². The van der Waals surface area contributed by atoms with Crippen LogP contribution in [0.4, 0.5) is 4.39 Å². The van der Waals surface area contributed by atoms with Crippen molar-refractivity contribution in [2.45, 2.75) is 24.3 Å². The van der Waals surface area contributed by atoms with E-state index in [1.54, 1.807) is 23.9 Å². The van der Waals surface area contributed by atoms with Gasteiger partial charge in [-0.25, -0.2) is 4.39 Å². The molecule has 27 heavy (non-hydrogen) atoms. The second-order valence-corrected chi connectivity index (χ2v) is 7.64. The van der Waals surface area contributed by atoms with Crippen LogP contribution >= 0.6 is 11.8 Å². The van der Waals surface area contributed by atoms with E-state index in [-0.39, 0.29) is 17.8 Å². The van der Waals surface area contributed by atoms with Gasteiger partial charge in [-0.2, -0.15) is 0 Å². The van der Waals surface area contributed by atoms with Gasteiger partial charge in [-0.15, -0.1) is 11.8 Å². The number of aryl methyl sites for hydroxylation is 1. The van der Waals surface area contributed by atoms with E-state index in [0.29, 0.717) is 31.9 Å². The summed E-state index contributed by atoms with van der Waals surface area (Å²) in [6.07, 6.45) is 0.412. The Morgan fingerprint density at radius 3 is 2.63 bits per heavy atom. The standard InChI is InChI=1S/C20H25FN2O3S/c1-15-2-7-19(26-15)18(23-9-11-25-12-10-23)14-22-20(24)8-13-27-17-5-3-16(21)4-6-17/h2-7,18H,8-14H2,1H3,(H,22,24). The summed E-state index contributed by atoms with van der Waals surface area (Å²) >= 11 is 1.55. The first-order chi connectivity index (χ1) is 13.1. The number of furan rings is 1. The topological polar surface area (TPSA) is 54.7 Å². The molecule has 1 aromatic heterocycles. The fourth-order valence-corrected chi connectivity index (χ4v) is 3.87. The number of thioether (sulfide) groups is 1. The monoisotopic (exact) mass is 392 g/mol. The number of rotatable bonds is 8. The van der Waals surface area contributed by atoms with Gasteiger partial charge in [-0.05, 0) is 43.3 Å². The number of nitrogens with one attached hydrogen (secondary N) is 1. The molecule has 2 heterocycles. The van der Waals surface area contributed by atoms with Crippen molar-refractivity contribution in [2.24, 2.45) is 0 Å². The molecule has 3 rings (SSSR count). The van der Waals surface area contributed by atoms with Crippen molar-refractivity contribution in [3.63, 3.8) is 0 Å². The molecule has 1 atom stereocenters. The first-order valence-electron chi connectivity index (χ1n) is 9.15. The fraction of sp³-hybridized carbons (Fsp3) is 0.450. The highest BCUT2D eigenvalue weighted by atomic mass is 32.2. The minimum Gasteiger partial charge on any atom is -0.465 e. The molecule has 1 aromatic carbocycles. The molecule has 5 nitrogen and oxygen atoms in total. The number of carbonyl (C=O) groups excluding carboxylic acids is 1. The molecule has 2 aromatic rings. The van der Waals surface area contributed by atoms with Crippen molar-refractivity contribution in [3.05, 3.63) is 53.7 Å². The molecule has 0 saturated carbocycles. The van der Waals surface area contributed by atoms with E-state index < -0.39 is 0 Å². The lowest BCUT2D eigenvalue weighted by molar-refractivity contribution is -0.121. The lowest BCUT2D eigenvalue weighted by Gasteiger charge is -2.33. The predicted octanol–water partition coefficient (Wildman–Crippen LogP) is 3.40. The first-order valence-corrected chi connectivity index (χ1v) is 10.1. The van der Waals surface area contributed by atoms with Gasteiger partial charge in [-0.1, -0.05) is 0 Å². The van der Waals surface area contributed by atoms with E-state index in [1.165, 1.54) is 12.1 Å². The first kappa shape index (κ1) is 19.9. The highest BCUT2D eigenvalue weighted by Gasteiger charge is 2.25. The molecule has 1 aliphatic rings. The zero-order valence-corrected chi connectivity index (χ0v) is 16.3. The molecule has 146 valence electrons. The van der Waals surface area contributed by atoms with Crippen LogP contribution < -0.4 is 5.32 Å². The summed E-state index contributed by atoms with van der Waals surface area (Å²) in [5.41, 5.74) is 0. The molecule has 1 N–H and O–H groups in total. The number of halogens is 1.